The molecule has 0 aliphatic heterocycles. The van der Waals surface area contributed by atoms with Crippen molar-refractivity contribution in [1.82, 2.24) is 10.2 Å². The monoisotopic (exact) mass is 724 g/mol. The highest BCUT2D eigenvalue weighted by atomic mass is 35.5. The smallest absolute Gasteiger partial charge is 0.407 e. The summed E-state index contributed by atoms with van der Waals surface area (Å²) in [4.78, 5) is 25.8. The van der Waals surface area contributed by atoms with Crippen LogP contribution >= 0.6 is 11.6 Å². The van der Waals surface area contributed by atoms with Gasteiger partial charge in [-0.1, -0.05) is 43.1 Å². The number of carbonyl (C=O) groups is 2. The van der Waals surface area contributed by atoms with E-state index in [1.54, 1.807) is 17.0 Å². The molecule has 0 spiro atoms. The molecule has 2 amide bonds. The number of aryl methyl sites for hydroxylation is 2. The molecule has 0 atom stereocenters. The molecule has 0 radical (unpaired) electrons. The summed E-state index contributed by atoms with van der Waals surface area (Å²) in [5, 5.41) is 3.27. The van der Waals surface area contributed by atoms with Gasteiger partial charge in [-0.15, -0.1) is 0 Å². The van der Waals surface area contributed by atoms with Gasteiger partial charge in [0.05, 0.1) is 11.5 Å². The second kappa shape index (κ2) is 22.1. The van der Waals surface area contributed by atoms with Gasteiger partial charge in [0.2, 0.25) is 5.91 Å². The van der Waals surface area contributed by atoms with Crippen LogP contribution in [0.3, 0.4) is 0 Å². The van der Waals surface area contributed by atoms with Crippen molar-refractivity contribution in [2.24, 2.45) is 0 Å². The Morgan fingerprint density at radius 3 is 2.16 bits per heavy atom. The molecule has 8 nitrogen and oxygen atoms in total. The fourth-order valence-electron chi connectivity index (χ4n) is 4.11. The molecule has 0 saturated heterocycles. The van der Waals surface area contributed by atoms with Gasteiger partial charge < -0.3 is 19.7 Å². The van der Waals surface area contributed by atoms with Gasteiger partial charge in [0.1, 0.15) is 23.0 Å². The maximum atomic E-state index is 12.3. The number of alkyl carbamates (subject to hydrolysis) is 1. The van der Waals surface area contributed by atoms with Crippen LogP contribution in [0.2, 0.25) is 5.02 Å². The van der Waals surface area contributed by atoms with E-state index in [1.165, 1.54) is 24.6 Å². The molecule has 12 heteroatoms. The standard InChI is InChI=1S/C23H38N2O4.C7H7ClO2S.C7H6F2/c1-6-19-13-9-10-14-20(19)28-18-12-17-25(5)21(26)15-8-7-11-16-24-22(27)29-23(2,3)4;1-11(9,10)7-4-2-6(8)3-5-7;1-5-4-6(8)2-3-7(5)9/h9-10,13-14H,6-8,11-12,15-18H2,1-5H3,(H,24,27);2-5H,1H3;2-4H,1H3. The van der Waals surface area contributed by atoms with Crippen LogP contribution in [0.25, 0.3) is 0 Å². The Balaban J connectivity index is 0.000000481. The minimum atomic E-state index is -3.08. The van der Waals surface area contributed by atoms with E-state index >= 15 is 0 Å². The number of nitrogens with one attached hydrogen (secondary N) is 1. The van der Waals surface area contributed by atoms with Crippen LogP contribution < -0.4 is 10.1 Å². The molecule has 0 fully saturated rings. The minimum Gasteiger partial charge on any atom is -0.493 e. The maximum absolute atomic E-state index is 12.3. The van der Waals surface area contributed by atoms with E-state index in [-0.39, 0.29) is 11.7 Å². The predicted molar refractivity (Wildman–Crippen MR) is 192 cm³/mol. The van der Waals surface area contributed by atoms with Crippen molar-refractivity contribution in [3.63, 3.8) is 0 Å². The maximum Gasteiger partial charge on any atom is 0.407 e. The third-order valence-corrected chi connectivity index (χ3v) is 8.15. The number of halogens is 3. The van der Waals surface area contributed by atoms with Gasteiger partial charge in [-0.05, 0) is 113 Å². The SMILES string of the molecule is CCc1ccccc1OCCCN(C)C(=O)CCCCCNC(=O)OC(C)(C)C.CS(=O)(=O)c1ccc(Cl)cc1.Cc1cc(F)ccc1F. The third-order valence-electron chi connectivity index (χ3n) is 6.77. The molecule has 3 aromatic rings. The third kappa shape index (κ3) is 19.8. The number of amides is 2. The van der Waals surface area contributed by atoms with Crippen LogP contribution in [0, 0.1) is 18.6 Å². The molecule has 0 heterocycles. The number of ether oxygens (including phenoxy) is 2. The van der Waals surface area contributed by atoms with Crippen molar-refractivity contribution in [3.8, 4) is 5.75 Å². The fourth-order valence-corrected chi connectivity index (χ4v) is 4.87. The summed E-state index contributed by atoms with van der Waals surface area (Å²) in [5.41, 5.74) is 1.07. The topological polar surface area (TPSA) is 102 Å². The quantitative estimate of drug-likeness (QED) is 0.177. The van der Waals surface area contributed by atoms with Crippen molar-refractivity contribution in [2.75, 3.05) is 33.0 Å². The van der Waals surface area contributed by atoms with Gasteiger partial charge >= 0.3 is 6.09 Å². The lowest BCUT2D eigenvalue weighted by atomic mass is 10.1. The molecule has 0 aliphatic carbocycles. The lowest BCUT2D eigenvalue weighted by Gasteiger charge is -2.19. The lowest BCUT2D eigenvalue weighted by molar-refractivity contribution is -0.130. The van der Waals surface area contributed by atoms with E-state index < -0.39 is 27.3 Å². The predicted octanol–water partition coefficient (Wildman–Crippen LogP) is 8.58. The van der Waals surface area contributed by atoms with Crippen LogP contribution in [0.15, 0.2) is 71.6 Å². The Hall–Kier alpha value is -3.70. The summed E-state index contributed by atoms with van der Waals surface area (Å²) in [5.74, 6) is 0.327. The van der Waals surface area contributed by atoms with Crippen LogP contribution in [0.4, 0.5) is 13.6 Å². The highest BCUT2D eigenvalue weighted by molar-refractivity contribution is 7.90. The zero-order chi connectivity index (χ0) is 37.0. The van der Waals surface area contributed by atoms with Gasteiger partial charge in [-0.25, -0.2) is 22.0 Å². The number of hydrogen-bond acceptors (Lipinski definition) is 6. The Labute approximate surface area is 296 Å². The van der Waals surface area contributed by atoms with Crippen molar-refractivity contribution in [2.45, 2.75) is 83.6 Å². The molecule has 0 bridgehead atoms. The molecule has 3 rings (SSSR count). The minimum absolute atomic E-state index is 0.152. The molecule has 0 aromatic heterocycles. The molecule has 3 aromatic carbocycles. The zero-order valence-corrected chi connectivity index (χ0v) is 31.2. The number of unbranched alkanes of at least 4 members (excludes halogenated alkanes) is 2. The van der Waals surface area contributed by atoms with Gasteiger partial charge in [-0.2, -0.15) is 0 Å². The molecular formula is C37H51ClF2N2O6S. The van der Waals surface area contributed by atoms with Crippen LogP contribution in [-0.2, 0) is 25.8 Å². The fraction of sp³-hybridized carbons (Fsp3) is 0.459. The van der Waals surface area contributed by atoms with E-state index in [2.05, 4.69) is 18.3 Å². The van der Waals surface area contributed by atoms with Crippen molar-refractivity contribution in [3.05, 3.63) is 94.5 Å². The van der Waals surface area contributed by atoms with Crippen LogP contribution in [0.1, 0.15) is 70.9 Å². The summed E-state index contributed by atoms with van der Waals surface area (Å²) < 4.78 is 57.3. The molecular weight excluding hydrogens is 674 g/mol. The highest BCUT2D eigenvalue weighted by Crippen LogP contribution is 2.18. The number of benzene rings is 3. The van der Waals surface area contributed by atoms with Gasteiger partial charge in [-0.3, -0.25) is 4.79 Å². The first-order chi connectivity index (χ1) is 22.9. The van der Waals surface area contributed by atoms with Gasteiger partial charge in [0.25, 0.3) is 0 Å². The first kappa shape index (κ1) is 43.3. The number of nitrogens with zero attached hydrogens (tertiary/aromatic N) is 1. The van der Waals surface area contributed by atoms with Gasteiger partial charge in [0.15, 0.2) is 9.84 Å². The summed E-state index contributed by atoms with van der Waals surface area (Å²) in [6.07, 6.45) is 5.60. The number of para-hydroxylation sites is 1. The largest absolute Gasteiger partial charge is 0.493 e. The Morgan fingerprint density at radius 1 is 0.939 bits per heavy atom. The Kier molecular flexibility index (Phi) is 19.5. The second-order valence-corrected chi connectivity index (χ2v) is 14.8. The lowest BCUT2D eigenvalue weighted by Crippen LogP contribution is -2.33. The molecule has 1 N–H and O–H groups in total. The normalized spacial score (nSPS) is 10.9. The average molecular weight is 725 g/mol. The van der Waals surface area contributed by atoms with E-state index in [0.717, 1.165) is 62.3 Å². The number of hydrogen-bond donors (Lipinski definition) is 1. The summed E-state index contributed by atoms with van der Waals surface area (Å²) >= 11 is 5.57. The van der Waals surface area contributed by atoms with Crippen molar-refractivity contribution in [1.29, 1.82) is 0 Å². The summed E-state index contributed by atoms with van der Waals surface area (Å²) in [6, 6.07) is 17.5. The van der Waals surface area contributed by atoms with Crippen molar-refractivity contribution < 1.29 is 36.3 Å². The van der Waals surface area contributed by atoms with E-state index in [1.807, 2.05) is 46.0 Å². The Morgan fingerprint density at radius 2 is 1.59 bits per heavy atom. The summed E-state index contributed by atoms with van der Waals surface area (Å²) in [6.45, 7) is 11.0. The first-order valence-corrected chi connectivity index (χ1v) is 18.5. The first-order valence-electron chi connectivity index (χ1n) is 16.2. The van der Waals surface area contributed by atoms with Crippen LogP contribution in [0.5, 0.6) is 5.75 Å². The molecule has 0 saturated carbocycles. The average Bonchev–Trinajstić information content (AvgIpc) is 3.02. The number of rotatable bonds is 13. The molecule has 272 valence electrons. The molecule has 49 heavy (non-hydrogen) atoms. The van der Waals surface area contributed by atoms with E-state index in [9.17, 15) is 26.8 Å². The number of carbonyl (C=O) groups excluding carboxylic acids is 2. The van der Waals surface area contributed by atoms with Crippen LogP contribution in [-0.4, -0.2) is 63.9 Å². The van der Waals surface area contributed by atoms with E-state index in [4.69, 9.17) is 21.1 Å². The Bertz CT molecular complexity index is 1550. The van der Waals surface area contributed by atoms with Gasteiger partial charge in [0, 0.05) is 37.8 Å². The highest BCUT2D eigenvalue weighted by Gasteiger charge is 2.15. The van der Waals surface area contributed by atoms with E-state index in [0.29, 0.717) is 41.6 Å². The van der Waals surface area contributed by atoms with Crippen molar-refractivity contribution >= 4 is 33.4 Å². The zero-order valence-electron chi connectivity index (χ0n) is 29.7. The summed E-state index contributed by atoms with van der Waals surface area (Å²) in [7, 11) is -1.24. The molecule has 0 unspecified atom stereocenters. The second-order valence-electron chi connectivity index (χ2n) is 12.3. The molecule has 0 aliphatic rings. The number of sulfone groups is 1.